The molecule has 2 amide bonds. The molecule has 33 heavy (non-hydrogen) atoms. The first-order valence-electron chi connectivity index (χ1n) is 10.1. The van der Waals surface area contributed by atoms with E-state index in [0.29, 0.717) is 25.9 Å². The molecule has 1 saturated heterocycles. The van der Waals surface area contributed by atoms with Crippen molar-refractivity contribution >= 4 is 17.5 Å². The fourth-order valence-electron chi connectivity index (χ4n) is 3.79. The highest BCUT2D eigenvalue weighted by molar-refractivity contribution is 6.01. The van der Waals surface area contributed by atoms with Gasteiger partial charge >= 0.3 is 5.69 Å². The van der Waals surface area contributed by atoms with Crippen LogP contribution in [0.15, 0.2) is 30.3 Å². The second-order valence-corrected chi connectivity index (χ2v) is 7.32. The Bertz CT molecular complexity index is 1070. The third-order valence-electron chi connectivity index (χ3n) is 5.45. The predicted molar refractivity (Wildman–Crippen MR) is 116 cm³/mol. The first-order valence-corrected chi connectivity index (χ1v) is 10.1. The predicted octanol–water partition coefficient (Wildman–Crippen LogP) is 2.79. The number of hydrogen-bond acceptors (Lipinski definition) is 7. The van der Waals surface area contributed by atoms with E-state index in [9.17, 15) is 24.1 Å². The Hall–Kier alpha value is -3.89. The number of methoxy groups -OCH3 is 3. The molecule has 176 valence electrons. The molecule has 0 radical (unpaired) electrons. The second-order valence-electron chi connectivity index (χ2n) is 7.32. The molecule has 0 bridgehead atoms. The summed E-state index contributed by atoms with van der Waals surface area (Å²) < 4.78 is 29.4. The third kappa shape index (κ3) is 4.81. The molecular weight excluding hydrogens is 437 g/mol. The zero-order chi connectivity index (χ0) is 24.1. The molecule has 11 heteroatoms. The van der Waals surface area contributed by atoms with Gasteiger partial charge in [0.15, 0.2) is 5.75 Å². The molecule has 2 aromatic rings. The van der Waals surface area contributed by atoms with Crippen molar-refractivity contribution in [2.75, 3.05) is 34.4 Å². The highest BCUT2D eigenvalue weighted by atomic mass is 19.1. The van der Waals surface area contributed by atoms with Crippen LogP contribution in [-0.2, 0) is 0 Å². The van der Waals surface area contributed by atoms with Crippen molar-refractivity contribution in [1.29, 1.82) is 0 Å². The Morgan fingerprint density at radius 2 is 1.70 bits per heavy atom. The number of benzene rings is 2. The van der Waals surface area contributed by atoms with Gasteiger partial charge in [-0.15, -0.1) is 0 Å². The Morgan fingerprint density at radius 1 is 1.06 bits per heavy atom. The topological polar surface area (TPSA) is 120 Å². The van der Waals surface area contributed by atoms with Gasteiger partial charge in [0, 0.05) is 25.2 Å². The number of nitrogens with one attached hydrogen (secondary N) is 1. The summed E-state index contributed by atoms with van der Waals surface area (Å²) >= 11 is 0. The van der Waals surface area contributed by atoms with E-state index in [1.165, 1.54) is 50.5 Å². The monoisotopic (exact) mass is 461 g/mol. The molecule has 0 spiro atoms. The number of nitro benzene ring substituents is 1. The van der Waals surface area contributed by atoms with Crippen molar-refractivity contribution in [2.45, 2.75) is 18.9 Å². The average molecular weight is 461 g/mol. The molecule has 0 atom stereocenters. The zero-order valence-corrected chi connectivity index (χ0v) is 18.4. The summed E-state index contributed by atoms with van der Waals surface area (Å²) in [5.74, 6) is -1.80. The first-order chi connectivity index (χ1) is 15.8. The zero-order valence-electron chi connectivity index (χ0n) is 18.4. The number of hydrogen-bond donors (Lipinski definition) is 1. The minimum Gasteiger partial charge on any atom is -0.493 e. The Labute approximate surface area is 189 Å². The van der Waals surface area contributed by atoms with Crippen LogP contribution in [0.3, 0.4) is 0 Å². The SMILES string of the molecule is COc1cc(C(=O)NC2CCN(C(=O)c3ccccc3F)CC2)c([N+](=O)[O-])c(OC)c1OC. The summed E-state index contributed by atoms with van der Waals surface area (Å²) in [7, 11) is 3.88. The summed E-state index contributed by atoms with van der Waals surface area (Å²) in [5, 5.41) is 14.5. The summed E-state index contributed by atoms with van der Waals surface area (Å²) in [6.45, 7) is 0.602. The number of likely N-dealkylation sites (tertiary alicyclic amines) is 1. The summed E-state index contributed by atoms with van der Waals surface area (Å²) in [6.07, 6.45) is 0.814. The van der Waals surface area contributed by atoms with Gasteiger partial charge in [-0.3, -0.25) is 19.7 Å². The fourth-order valence-corrected chi connectivity index (χ4v) is 3.79. The number of rotatable bonds is 7. The number of piperidine rings is 1. The molecule has 3 rings (SSSR count). The molecule has 1 aliphatic heterocycles. The molecule has 0 aromatic heterocycles. The van der Waals surface area contributed by atoms with Crippen LogP contribution < -0.4 is 19.5 Å². The van der Waals surface area contributed by atoms with Crippen molar-refractivity contribution in [1.82, 2.24) is 10.2 Å². The van der Waals surface area contributed by atoms with Crippen LogP contribution in [0.25, 0.3) is 0 Å². The van der Waals surface area contributed by atoms with E-state index in [1.807, 2.05) is 0 Å². The highest BCUT2D eigenvalue weighted by Gasteiger charge is 2.34. The van der Waals surface area contributed by atoms with E-state index in [2.05, 4.69) is 5.32 Å². The lowest BCUT2D eigenvalue weighted by molar-refractivity contribution is -0.386. The van der Waals surface area contributed by atoms with Crippen LogP contribution >= 0.6 is 0 Å². The van der Waals surface area contributed by atoms with Gasteiger partial charge in [-0.25, -0.2) is 4.39 Å². The molecule has 1 N–H and O–H groups in total. The minimum atomic E-state index is -0.717. The third-order valence-corrected chi connectivity index (χ3v) is 5.45. The number of nitro groups is 1. The summed E-state index contributed by atoms with van der Waals surface area (Å²) in [4.78, 5) is 38.1. The smallest absolute Gasteiger partial charge is 0.327 e. The van der Waals surface area contributed by atoms with E-state index < -0.39 is 28.2 Å². The minimum absolute atomic E-state index is 0.00298. The maximum absolute atomic E-state index is 13.9. The van der Waals surface area contributed by atoms with Gasteiger partial charge in [0.1, 0.15) is 11.4 Å². The number of halogens is 1. The molecule has 10 nitrogen and oxygen atoms in total. The van der Waals surface area contributed by atoms with Gasteiger partial charge in [-0.1, -0.05) is 12.1 Å². The van der Waals surface area contributed by atoms with Gasteiger partial charge in [-0.2, -0.15) is 0 Å². The standard InChI is InChI=1S/C22H24FN3O7/c1-31-17-12-15(18(26(29)30)20(33-3)19(17)32-2)21(27)24-13-8-10-25(11-9-13)22(28)14-6-4-5-7-16(14)23/h4-7,12-13H,8-11H2,1-3H3,(H,24,27). The van der Waals surface area contributed by atoms with Crippen LogP contribution in [0, 0.1) is 15.9 Å². The largest absolute Gasteiger partial charge is 0.493 e. The molecule has 0 aliphatic carbocycles. The normalized spacial score (nSPS) is 13.9. The lowest BCUT2D eigenvalue weighted by atomic mass is 10.0. The van der Waals surface area contributed by atoms with Crippen molar-refractivity contribution in [3.05, 3.63) is 57.4 Å². The van der Waals surface area contributed by atoms with E-state index in [0.717, 1.165) is 0 Å². The maximum Gasteiger partial charge on any atom is 0.327 e. The van der Waals surface area contributed by atoms with Gasteiger partial charge in [0.2, 0.25) is 11.5 Å². The van der Waals surface area contributed by atoms with Crippen molar-refractivity contribution in [2.24, 2.45) is 0 Å². The Kier molecular flexibility index (Phi) is 7.31. The Morgan fingerprint density at radius 3 is 2.24 bits per heavy atom. The summed E-state index contributed by atoms with van der Waals surface area (Å²) in [6, 6.07) is 6.65. The van der Waals surface area contributed by atoms with Crippen molar-refractivity contribution in [3.63, 3.8) is 0 Å². The lowest BCUT2D eigenvalue weighted by Gasteiger charge is -2.32. The molecule has 0 unspecified atom stereocenters. The van der Waals surface area contributed by atoms with E-state index in [1.54, 1.807) is 6.07 Å². The van der Waals surface area contributed by atoms with Crippen LogP contribution in [0.5, 0.6) is 17.2 Å². The van der Waals surface area contributed by atoms with Crippen LogP contribution in [-0.4, -0.2) is 62.1 Å². The lowest BCUT2D eigenvalue weighted by Crippen LogP contribution is -2.46. The molecular formula is C22H24FN3O7. The highest BCUT2D eigenvalue weighted by Crippen LogP contribution is 2.46. The molecule has 1 aliphatic rings. The number of amides is 2. The van der Waals surface area contributed by atoms with Crippen LogP contribution in [0.2, 0.25) is 0 Å². The van der Waals surface area contributed by atoms with Crippen molar-refractivity contribution < 1.29 is 33.1 Å². The van der Waals surface area contributed by atoms with Crippen LogP contribution in [0.4, 0.5) is 10.1 Å². The van der Waals surface area contributed by atoms with Crippen molar-refractivity contribution in [3.8, 4) is 17.2 Å². The molecule has 0 saturated carbocycles. The molecule has 1 heterocycles. The van der Waals surface area contributed by atoms with Gasteiger partial charge in [-0.05, 0) is 25.0 Å². The Balaban J connectivity index is 1.76. The molecule has 2 aromatic carbocycles. The van der Waals surface area contributed by atoms with Crippen LogP contribution in [0.1, 0.15) is 33.6 Å². The van der Waals surface area contributed by atoms with Gasteiger partial charge in [0.25, 0.3) is 11.8 Å². The number of ether oxygens (including phenoxy) is 3. The van der Waals surface area contributed by atoms with E-state index in [4.69, 9.17) is 14.2 Å². The fraction of sp³-hybridized carbons (Fsp3) is 0.364. The molecule has 1 fully saturated rings. The average Bonchev–Trinajstić information content (AvgIpc) is 2.82. The van der Waals surface area contributed by atoms with E-state index >= 15 is 0 Å². The van der Waals surface area contributed by atoms with Gasteiger partial charge < -0.3 is 24.4 Å². The van der Waals surface area contributed by atoms with E-state index in [-0.39, 0.29) is 34.4 Å². The number of carbonyl (C=O) groups is 2. The maximum atomic E-state index is 13.9. The summed E-state index contributed by atoms with van der Waals surface area (Å²) in [5.41, 5.74) is -0.785. The number of carbonyl (C=O) groups excluding carboxylic acids is 2. The first kappa shape index (κ1) is 23.8. The van der Waals surface area contributed by atoms with Gasteiger partial charge in [0.05, 0.1) is 31.8 Å². The number of nitrogens with zero attached hydrogens (tertiary/aromatic N) is 2. The second kappa shape index (κ2) is 10.2. The quantitative estimate of drug-likeness (QED) is 0.497.